The first-order chi connectivity index (χ1) is 12.6. The van der Waals surface area contributed by atoms with Crippen LogP contribution in [-0.2, 0) is 6.42 Å². The third kappa shape index (κ3) is 8.30. The lowest BCUT2D eigenvalue weighted by Crippen LogP contribution is -2.40. The zero-order valence-corrected chi connectivity index (χ0v) is 19.1. The molecule has 1 atom stereocenters. The summed E-state index contributed by atoms with van der Waals surface area (Å²) in [5.74, 6) is 1.67. The van der Waals surface area contributed by atoms with Gasteiger partial charge in [0, 0.05) is 36.3 Å². The SMILES string of the molecule is CN=C(NCCc1ccc(OC)cc1O)NCC(C)Sc1ccccc1.I. The van der Waals surface area contributed by atoms with E-state index < -0.39 is 0 Å². The standard InChI is InChI=1S/C20H27N3O2S.HI/c1-15(26-18-7-5-4-6-8-18)14-23-20(21-2)22-12-11-16-9-10-17(25-3)13-19(16)24;/h4-10,13,15,24H,11-12,14H2,1-3H3,(H2,21,22,23);1H. The molecule has 0 spiro atoms. The van der Waals surface area contributed by atoms with Crippen LogP contribution in [0.1, 0.15) is 12.5 Å². The van der Waals surface area contributed by atoms with E-state index in [-0.39, 0.29) is 29.7 Å². The van der Waals surface area contributed by atoms with Crippen LogP contribution >= 0.6 is 35.7 Å². The molecule has 0 amide bonds. The molecule has 0 saturated carbocycles. The topological polar surface area (TPSA) is 65.9 Å². The molecule has 3 N–H and O–H groups in total. The number of rotatable bonds is 8. The van der Waals surface area contributed by atoms with E-state index in [1.165, 1.54) is 4.90 Å². The van der Waals surface area contributed by atoms with Crippen molar-refractivity contribution >= 4 is 41.7 Å². The second-order valence-electron chi connectivity index (χ2n) is 5.87. The van der Waals surface area contributed by atoms with Crippen LogP contribution in [0, 0.1) is 0 Å². The van der Waals surface area contributed by atoms with Crippen molar-refractivity contribution in [2.75, 3.05) is 27.2 Å². The van der Waals surface area contributed by atoms with Crippen LogP contribution < -0.4 is 15.4 Å². The highest BCUT2D eigenvalue weighted by Gasteiger charge is 2.07. The van der Waals surface area contributed by atoms with Crippen molar-refractivity contribution in [2.24, 2.45) is 4.99 Å². The number of phenols is 1. The van der Waals surface area contributed by atoms with Gasteiger partial charge in [-0.2, -0.15) is 0 Å². The number of phenolic OH excluding ortho intramolecular Hbond substituents is 1. The van der Waals surface area contributed by atoms with Crippen LogP contribution in [-0.4, -0.2) is 43.6 Å². The Balaban J connectivity index is 0.00000364. The minimum atomic E-state index is 0. The third-order valence-electron chi connectivity index (χ3n) is 3.84. The number of aromatic hydroxyl groups is 1. The lowest BCUT2D eigenvalue weighted by molar-refractivity contribution is 0.406. The van der Waals surface area contributed by atoms with Crippen LogP contribution in [0.2, 0.25) is 0 Å². The first kappa shape index (κ1) is 23.4. The van der Waals surface area contributed by atoms with Gasteiger partial charge in [0.15, 0.2) is 5.96 Å². The maximum absolute atomic E-state index is 10.0. The predicted octanol–water partition coefficient (Wildman–Crippen LogP) is 3.91. The number of methoxy groups -OCH3 is 1. The normalized spacial score (nSPS) is 12.0. The molecule has 0 aliphatic heterocycles. The Morgan fingerprint density at radius 1 is 1.19 bits per heavy atom. The lowest BCUT2D eigenvalue weighted by atomic mass is 10.1. The molecule has 7 heteroatoms. The van der Waals surface area contributed by atoms with Crippen LogP contribution in [0.5, 0.6) is 11.5 Å². The van der Waals surface area contributed by atoms with E-state index in [1.807, 2.05) is 30.0 Å². The summed E-state index contributed by atoms with van der Waals surface area (Å²) in [5.41, 5.74) is 0.877. The Labute approximate surface area is 183 Å². The zero-order chi connectivity index (χ0) is 18.8. The number of nitrogens with zero attached hydrogens (tertiary/aromatic N) is 1. The molecule has 27 heavy (non-hydrogen) atoms. The van der Waals surface area contributed by atoms with Gasteiger partial charge >= 0.3 is 0 Å². The van der Waals surface area contributed by atoms with E-state index in [0.717, 1.165) is 18.1 Å². The van der Waals surface area contributed by atoms with Gasteiger partial charge in [0.2, 0.25) is 0 Å². The molecule has 0 aliphatic rings. The van der Waals surface area contributed by atoms with Crippen molar-refractivity contribution in [2.45, 2.75) is 23.5 Å². The first-order valence-corrected chi connectivity index (χ1v) is 9.52. The second-order valence-corrected chi connectivity index (χ2v) is 7.38. The second kappa shape index (κ2) is 12.7. The molecule has 1 unspecified atom stereocenters. The van der Waals surface area contributed by atoms with Gasteiger partial charge in [0.1, 0.15) is 11.5 Å². The molecule has 148 valence electrons. The number of aliphatic imine (C=N–C) groups is 1. The molecule has 0 aromatic heterocycles. The molecular weight excluding hydrogens is 473 g/mol. The maximum Gasteiger partial charge on any atom is 0.191 e. The van der Waals surface area contributed by atoms with Crippen molar-refractivity contribution in [1.29, 1.82) is 0 Å². The summed E-state index contributed by atoms with van der Waals surface area (Å²) in [4.78, 5) is 5.51. The summed E-state index contributed by atoms with van der Waals surface area (Å²) in [6.07, 6.45) is 0.699. The van der Waals surface area contributed by atoms with Gasteiger partial charge in [-0.15, -0.1) is 35.7 Å². The van der Waals surface area contributed by atoms with Crippen molar-refractivity contribution in [3.8, 4) is 11.5 Å². The number of benzene rings is 2. The Kier molecular flexibility index (Phi) is 11.0. The summed E-state index contributed by atoms with van der Waals surface area (Å²) in [5, 5.41) is 17.0. The summed E-state index contributed by atoms with van der Waals surface area (Å²) >= 11 is 1.83. The third-order valence-corrected chi connectivity index (χ3v) is 4.95. The van der Waals surface area contributed by atoms with Crippen LogP contribution in [0.4, 0.5) is 0 Å². The van der Waals surface area contributed by atoms with Crippen molar-refractivity contribution in [3.63, 3.8) is 0 Å². The van der Waals surface area contributed by atoms with Crippen molar-refractivity contribution in [1.82, 2.24) is 10.6 Å². The van der Waals surface area contributed by atoms with Gasteiger partial charge in [-0.3, -0.25) is 4.99 Å². The molecule has 0 radical (unpaired) electrons. The molecule has 2 aromatic carbocycles. The first-order valence-electron chi connectivity index (χ1n) is 8.64. The molecule has 0 heterocycles. The highest BCUT2D eigenvalue weighted by molar-refractivity contribution is 14.0. The summed E-state index contributed by atoms with van der Waals surface area (Å²) in [6.45, 7) is 3.68. The van der Waals surface area contributed by atoms with Crippen molar-refractivity contribution in [3.05, 3.63) is 54.1 Å². The van der Waals surface area contributed by atoms with Gasteiger partial charge in [-0.1, -0.05) is 31.2 Å². The molecule has 0 bridgehead atoms. The summed E-state index contributed by atoms with van der Waals surface area (Å²) in [6, 6.07) is 15.7. The van der Waals surface area contributed by atoms with Gasteiger partial charge in [0.25, 0.3) is 0 Å². The van der Waals surface area contributed by atoms with E-state index in [9.17, 15) is 5.11 Å². The Morgan fingerprint density at radius 2 is 1.93 bits per heavy atom. The molecule has 0 fully saturated rings. The Morgan fingerprint density at radius 3 is 2.56 bits per heavy atom. The fourth-order valence-corrected chi connectivity index (χ4v) is 3.38. The molecule has 2 aromatic rings. The summed E-state index contributed by atoms with van der Waals surface area (Å²) in [7, 11) is 3.35. The van der Waals surface area contributed by atoms with E-state index in [4.69, 9.17) is 4.74 Å². The van der Waals surface area contributed by atoms with E-state index in [1.54, 1.807) is 20.2 Å². The average molecular weight is 501 g/mol. The lowest BCUT2D eigenvalue weighted by Gasteiger charge is -2.16. The quantitative estimate of drug-likeness (QED) is 0.222. The van der Waals surface area contributed by atoms with E-state index in [0.29, 0.717) is 24.0 Å². The predicted molar refractivity (Wildman–Crippen MR) is 125 cm³/mol. The number of ether oxygens (including phenoxy) is 1. The summed E-state index contributed by atoms with van der Waals surface area (Å²) < 4.78 is 5.10. The minimum Gasteiger partial charge on any atom is -0.508 e. The molecule has 0 saturated heterocycles. The Bertz CT molecular complexity index is 714. The van der Waals surface area contributed by atoms with E-state index in [2.05, 4.69) is 46.8 Å². The minimum absolute atomic E-state index is 0. The zero-order valence-electron chi connectivity index (χ0n) is 15.9. The maximum atomic E-state index is 10.0. The van der Waals surface area contributed by atoms with Gasteiger partial charge in [-0.05, 0) is 30.2 Å². The fourth-order valence-electron chi connectivity index (χ4n) is 2.43. The fraction of sp³-hybridized carbons (Fsp3) is 0.350. The van der Waals surface area contributed by atoms with Gasteiger partial charge < -0.3 is 20.5 Å². The number of thioether (sulfide) groups is 1. The molecular formula is C20H28IN3O2S. The van der Waals surface area contributed by atoms with Crippen molar-refractivity contribution < 1.29 is 9.84 Å². The van der Waals surface area contributed by atoms with Crippen LogP contribution in [0.15, 0.2) is 58.4 Å². The smallest absolute Gasteiger partial charge is 0.191 e. The number of hydrogen-bond donors (Lipinski definition) is 3. The monoisotopic (exact) mass is 501 g/mol. The highest BCUT2D eigenvalue weighted by atomic mass is 127. The number of halogens is 1. The molecule has 2 rings (SSSR count). The van der Waals surface area contributed by atoms with E-state index >= 15 is 0 Å². The number of hydrogen-bond acceptors (Lipinski definition) is 4. The van der Waals surface area contributed by atoms with Crippen LogP contribution in [0.3, 0.4) is 0 Å². The number of guanidine groups is 1. The Hall–Kier alpha value is -1.61. The van der Waals surface area contributed by atoms with Gasteiger partial charge in [-0.25, -0.2) is 0 Å². The largest absolute Gasteiger partial charge is 0.508 e. The molecule has 0 aliphatic carbocycles. The van der Waals surface area contributed by atoms with Crippen LogP contribution in [0.25, 0.3) is 0 Å². The van der Waals surface area contributed by atoms with Gasteiger partial charge in [0.05, 0.1) is 7.11 Å². The highest BCUT2D eigenvalue weighted by Crippen LogP contribution is 2.23. The molecule has 5 nitrogen and oxygen atoms in total. The number of nitrogens with one attached hydrogen (secondary N) is 2. The average Bonchev–Trinajstić information content (AvgIpc) is 2.66.